The third-order valence-corrected chi connectivity index (χ3v) is 4.20. The van der Waals surface area contributed by atoms with E-state index in [4.69, 9.17) is 4.74 Å². The van der Waals surface area contributed by atoms with Crippen molar-refractivity contribution in [2.24, 2.45) is 0 Å². The molecule has 0 unspecified atom stereocenters. The van der Waals surface area contributed by atoms with Crippen molar-refractivity contribution < 1.29 is 9.53 Å². The monoisotopic (exact) mass is 305 g/mol. The topological polar surface area (TPSA) is 55.3 Å². The minimum Gasteiger partial charge on any atom is -0.485 e. The molecule has 2 aromatic heterocycles. The second kappa shape index (κ2) is 7.17. The van der Waals surface area contributed by atoms with Crippen molar-refractivity contribution in [1.29, 1.82) is 0 Å². The summed E-state index contributed by atoms with van der Waals surface area (Å²) < 4.78 is 5.61. The Morgan fingerprint density at radius 2 is 2.14 bits per heavy atom. The molecule has 0 atom stereocenters. The van der Waals surface area contributed by atoms with Gasteiger partial charge in [0.25, 0.3) is 5.91 Å². The van der Waals surface area contributed by atoms with Gasteiger partial charge in [-0.2, -0.15) is 0 Å². The summed E-state index contributed by atoms with van der Waals surface area (Å²) in [5, 5.41) is 0.798. The van der Waals surface area contributed by atoms with Crippen LogP contribution < -0.4 is 4.74 Å². The summed E-state index contributed by atoms with van der Waals surface area (Å²) in [6.07, 6.45) is 3.35. The summed E-state index contributed by atoms with van der Waals surface area (Å²) in [7, 11) is 0. The van der Waals surface area contributed by atoms with Gasteiger partial charge in [-0.15, -0.1) is 11.3 Å². The van der Waals surface area contributed by atoms with Gasteiger partial charge in [0, 0.05) is 19.3 Å². The minimum atomic E-state index is 0.0441. The minimum absolute atomic E-state index is 0.0441. The number of amides is 1. The van der Waals surface area contributed by atoms with E-state index in [-0.39, 0.29) is 5.91 Å². The number of pyridine rings is 1. The Bertz CT molecular complexity index is 594. The van der Waals surface area contributed by atoms with Crippen molar-refractivity contribution in [2.45, 2.75) is 27.4 Å². The standard InChI is InChI=1S/C15H19N3O2S/c1-4-18(5-2)15(19)14-11(3)17-13(21-14)10-20-12-7-6-8-16-9-12/h6-9H,4-5,10H2,1-3H3. The predicted octanol–water partition coefficient (Wildman–Crippen LogP) is 2.91. The fraction of sp³-hybridized carbons (Fsp3) is 0.400. The number of carbonyl (C=O) groups excluding carboxylic acids is 1. The first kappa shape index (κ1) is 15.4. The highest BCUT2D eigenvalue weighted by Gasteiger charge is 2.19. The first-order chi connectivity index (χ1) is 10.2. The Kier molecular flexibility index (Phi) is 5.27. The molecule has 0 aliphatic carbocycles. The van der Waals surface area contributed by atoms with Gasteiger partial charge in [0.15, 0.2) is 0 Å². The molecule has 0 spiro atoms. The van der Waals surface area contributed by atoms with Gasteiger partial charge < -0.3 is 9.64 Å². The second-order valence-electron chi connectivity index (χ2n) is 4.48. The van der Waals surface area contributed by atoms with Gasteiger partial charge in [0.05, 0.1) is 11.9 Å². The molecule has 2 heterocycles. The van der Waals surface area contributed by atoms with Crippen LogP contribution in [0, 0.1) is 6.92 Å². The molecular formula is C15H19N3O2S. The zero-order chi connectivity index (χ0) is 15.2. The molecule has 0 fully saturated rings. The van der Waals surface area contributed by atoms with Crippen LogP contribution in [-0.2, 0) is 6.61 Å². The number of aromatic nitrogens is 2. The Morgan fingerprint density at radius 1 is 1.38 bits per heavy atom. The highest BCUT2D eigenvalue weighted by atomic mass is 32.1. The molecule has 2 aromatic rings. The lowest BCUT2D eigenvalue weighted by molar-refractivity contribution is 0.0777. The predicted molar refractivity (Wildman–Crippen MR) is 82.7 cm³/mol. The molecule has 0 aromatic carbocycles. The number of carbonyl (C=O) groups is 1. The lowest BCUT2D eigenvalue weighted by atomic mass is 10.3. The average molecular weight is 305 g/mol. The van der Waals surface area contributed by atoms with E-state index in [1.54, 1.807) is 17.3 Å². The molecule has 0 aliphatic rings. The molecule has 1 amide bonds. The van der Waals surface area contributed by atoms with Crippen LogP contribution in [0.2, 0.25) is 0 Å². The number of thiazole rings is 1. The van der Waals surface area contributed by atoms with Gasteiger partial charge in [-0.3, -0.25) is 9.78 Å². The fourth-order valence-electron chi connectivity index (χ4n) is 1.94. The fourth-order valence-corrected chi connectivity index (χ4v) is 2.89. The molecule has 0 saturated carbocycles. The lowest BCUT2D eigenvalue weighted by Crippen LogP contribution is -2.30. The van der Waals surface area contributed by atoms with E-state index >= 15 is 0 Å². The molecule has 0 N–H and O–H groups in total. The maximum absolute atomic E-state index is 12.4. The first-order valence-electron chi connectivity index (χ1n) is 6.94. The number of aryl methyl sites for hydroxylation is 1. The molecule has 2 rings (SSSR count). The molecule has 112 valence electrons. The quantitative estimate of drug-likeness (QED) is 0.823. The zero-order valence-electron chi connectivity index (χ0n) is 12.5. The summed E-state index contributed by atoms with van der Waals surface area (Å²) >= 11 is 1.40. The Labute approximate surface area is 128 Å². The molecular weight excluding hydrogens is 286 g/mol. The van der Waals surface area contributed by atoms with Gasteiger partial charge >= 0.3 is 0 Å². The zero-order valence-corrected chi connectivity index (χ0v) is 13.3. The third kappa shape index (κ3) is 3.78. The van der Waals surface area contributed by atoms with Gasteiger partial charge in [0.2, 0.25) is 0 Å². The lowest BCUT2D eigenvalue weighted by Gasteiger charge is -2.17. The van der Waals surface area contributed by atoms with Gasteiger partial charge in [0.1, 0.15) is 22.2 Å². The highest BCUT2D eigenvalue weighted by molar-refractivity contribution is 7.13. The smallest absolute Gasteiger partial charge is 0.265 e. The average Bonchev–Trinajstić information content (AvgIpc) is 2.88. The summed E-state index contributed by atoms with van der Waals surface area (Å²) in [5.74, 6) is 0.740. The van der Waals surface area contributed by atoms with E-state index in [1.165, 1.54) is 11.3 Å². The summed E-state index contributed by atoms with van der Waals surface area (Å²) in [6.45, 7) is 7.57. The normalized spacial score (nSPS) is 10.4. The maximum Gasteiger partial charge on any atom is 0.265 e. The SMILES string of the molecule is CCN(CC)C(=O)c1sc(COc2cccnc2)nc1C. The van der Waals surface area contributed by atoms with Crippen LogP contribution in [0.3, 0.4) is 0 Å². The van der Waals surface area contributed by atoms with Crippen LogP contribution in [0.25, 0.3) is 0 Å². The molecule has 0 aliphatic heterocycles. The number of nitrogens with zero attached hydrogens (tertiary/aromatic N) is 3. The molecule has 0 radical (unpaired) electrons. The van der Waals surface area contributed by atoms with Gasteiger partial charge in [-0.1, -0.05) is 0 Å². The van der Waals surface area contributed by atoms with Crippen LogP contribution in [0.5, 0.6) is 5.75 Å². The van der Waals surface area contributed by atoms with E-state index < -0.39 is 0 Å². The molecule has 0 bridgehead atoms. The van der Waals surface area contributed by atoms with Gasteiger partial charge in [-0.05, 0) is 32.9 Å². The van der Waals surface area contributed by atoms with Crippen molar-refractivity contribution >= 4 is 17.2 Å². The molecule has 6 heteroatoms. The van der Waals surface area contributed by atoms with E-state index in [0.29, 0.717) is 30.3 Å². The molecule has 21 heavy (non-hydrogen) atoms. The number of ether oxygens (including phenoxy) is 1. The first-order valence-corrected chi connectivity index (χ1v) is 7.75. The van der Waals surface area contributed by atoms with E-state index in [1.807, 2.05) is 32.9 Å². The van der Waals surface area contributed by atoms with E-state index in [9.17, 15) is 4.79 Å². The maximum atomic E-state index is 12.4. The summed E-state index contributed by atoms with van der Waals surface area (Å²) in [5.41, 5.74) is 0.765. The second-order valence-corrected chi connectivity index (χ2v) is 5.56. The van der Waals surface area contributed by atoms with Crippen LogP contribution in [0.1, 0.15) is 34.2 Å². The highest BCUT2D eigenvalue weighted by Crippen LogP contribution is 2.21. The van der Waals surface area contributed by atoms with Crippen LogP contribution in [0.4, 0.5) is 0 Å². The Balaban J connectivity index is 2.07. The van der Waals surface area contributed by atoms with E-state index in [2.05, 4.69) is 9.97 Å². The van der Waals surface area contributed by atoms with Crippen molar-refractivity contribution in [2.75, 3.05) is 13.1 Å². The summed E-state index contributed by atoms with van der Waals surface area (Å²) in [4.78, 5) is 23.3. The summed E-state index contributed by atoms with van der Waals surface area (Å²) in [6, 6.07) is 3.66. The third-order valence-electron chi connectivity index (χ3n) is 3.08. The Hall–Kier alpha value is -1.95. The number of hydrogen-bond donors (Lipinski definition) is 0. The van der Waals surface area contributed by atoms with Crippen molar-refractivity contribution in [3.63, 3.8) is 0 Å². The largest absolute Gasteiger partial charge is 0.485 e. The van der Waals surface area contributed by atoms with Crippen molar-refractivity contribution in [3.8, 4) is 5.75 Å². The van der Waals surface area contributed by atoms with E-state index in [0.717, 1.165) is 10.7 Å². The van der Waals surface area contributed by atoms with Crippen molar-refractivity contribution in [3.05, 3.63) is 40.1 Å². The van der Waals surface area contributed by atoms with Crippen LogP contribution in [-0.4, -0.2) is 33.9 Å². The molecule has 5 nitrogen and oxygen atoms in total. The van der Waals surface area contributed by atoms with Crippen LogP contribution in [0.15, 0.2) is 24.5 Å². The number of rotatable bonds is 6. The van der Waals surface area contributed by atoms with Gasteiger partial charge in [-0.25, -0.2) is 4.98 Å². The number of hydrogen-bond acceptors (Lipinski definition) is 5. The van der Waals surface area contributed by atoms with Crippen molar-refractivity contribution in [1.82, 2.24) is 14.9 Å². The Morgan fingerprint density at radius 3 is 2.76 bits per heavy atom. The van der Waals surface area contributed by atoms with Crippen LogP contribution >= 0.6 is 11.3 Å². The molecule has 0 saturated heterocycles.